The number of alkyl carbamates (subject to hydrolysis) is 1. The Hall–Kier alpha value is -2.71. The fourth-order valence-electron chi connectivity index (χ4n) is 3.11. The number of unbranched alkanes of at least 4 members (excludes halogenated alkanes) is 1. The highest BCUT2D eigenvalue weighted by molar-refractivity contribution is 7.54. The van der Waals surface area contributed by atoms with Crippen LogP contribution in [-0.4, -0.2) is 35.6 Å². The molecule has 3 atom stereocenters. The Balaban J connectivity index is 1.83. The van der Waals surface area contributed by atoms with Crippen LogP contribution in [0.25, 0.3) is 0 Å². The average molecular weight is 507 g/mol. The highest BCUT2D eigenvalue weighted by atomic mass is 31.2. The van der Waals surface area contributed by atoms with E-state index in [9.17, 15) is 19.3 Å². The number of hydrogen-bond acceptors (Lipinski definition) is 7. The van der Waals surface area contributed by atoms with Crippen molar-refractivity contribution in [2.75, 3.05) is 6.54 Å². The van der Waals surface area contributed by atoms with E-state index in [1.807, 2.05) is 48.5 Å². The maximum absolute atomic E-state index is 13.5. The Bertz CT molecular complexity index is 957. The first kappa shape index (κ1) is 28.5. The van der Waals surface area contributed by atoms with Crippen LogP contribution in [0.4, 0.5) is 4.79 Å². The average Bonchev–Trinajstić information content (AvgIpc) is 2.86. The molecule has 0 aliphatic carbocycles. The van der Waals surface area contributed by atoms with Gasteiger partial charge in [-0.2, -0.15) is 0 Å². The minimum Gasteiger partial charge on any atom is -0.479 e. The number of amides is 1. The smallest absolute Gasteiger partial charge is 0.407 e. The van der Waals surface area contributed by atoms with E-state index >= 15 is 0 Å². The Morgan fingerprint density at radius 2 is 1.54 bits per heavy atom. The zero-order valence-electron chi connectivity index (χ0n) is 20.2. The number of benzene rings is 2. The van der Waals surface area contributed by atoms with Gasteiger partial charge in [-0.05, 0) is 36.3 Å². The van der Waals surface area contributed by atoms with Crippen molar-refractivity contribution >= 4 is 19.7 Å². The van der Waals surface area contributed by atoms with Crippen LogP contribution >= 0.6 is 7.60 Å². The first-order valence-corrected chi connectivity index (χ1v) is 13.2. The Morgan fingerprint density at radius 1 is 0.971 bits per heavy atom. The van der Waals surface area contributed by atoms with Crippen molar-refractivity contribution in [1.82, 2.24) is 5.32 Å². The molecule has 0 radical (unpaired) electrons. The number of carboxylic acid groups (broad SMARTS) is 1. The summed E-state index contributed by atoms with van der Waals surface area (Å²) in [5.74, 6) is -2.48. The number of carboxylic acids is 1. The molecule has 0 saturated carbocycles. The topological polar surface area (TPSA) is 137 Å². The molecule has 35 heavy (non-hydrogen) atoms. The van der Waals surface area contributed by atoms with Gasteiger partial charge >= 0.3 is 19.7 Å². The number of carbonyl (C=O) groups is 2. The number of nitrogens with two attached hydrogens (primary N) is 1. The van der Waals surface area contributed by atoms with Gasteiger partial charge in [0.15, 0.2) is 6.10 Å². The van der Waals surface area contributed by atoms with Crippen molar-refractivity contribution in [2.45, 2.75) is 58.2 Å². The molecule has 0 aliphatic heterocycles. The fraction of sp³-hybridized carbons (Fsp3) is 0.440. The lowest BCUT2D eigenvalue weighted by molar-refractivity contribution is -0.146. The number of aliphatic carboxylic acids is 1. The molecule has 1 amide bonds. The van der Waals surface area contributed by atoms with Crippen LogP contribution in [0.2, 0.25) is 0 Å². The number of nitrogens with one attached hydrogen (secondary N) is 1. The summed E-state index contributed by atoms with van der Waals surface area (Å²) in [6.07, 6.45) is -0.933. The molecular formula is C25H35N2O7P. The number of rotatable bonds is 15. The highest BCUT2D eigenvalue weighted by Gasteiger charge is 2.39. The van der Waals surface area contributed by atoms with Crippen LogP contribution in [0.15, 0.2) is 60.7 Å². The minimum atomic E-state index is -3.94. The van der Waals surface area contributed by atoms with E-state index in [0.717, 1.165) is 11.1 Å². The minimum absolute atomic E-state index is 0.0140. The summed E-state index contributed by atoms with van der Waals surface area (Å²) in [6, 6.07) is 18.4. The van der Waals surface area contributed by atoms with Gasteiger partial charge in [-0.15, -0.1) is 0 Å². The number of carbonyl (C=O) groups excluding carboxylic acids is 1. The molecule has 2 unspecified atom stereocenters. The molecular weight excluding hydrogens is 471 g/mol. The molecule has 2 aromatic rings. The van der Waals surface area contributed by atoms with Crippen molar-refractivity contribution in [1.29, 1.82) is 0 Å². The Labute approximate surface area is 206 Å². The van der Waals surface area contributed by atoms with Crippen LogP contribution in [0.5, 0.6) is 0 Å². The van der Waals surface area contributed by atoms with Crippen molar-refractivity contribution in [3.05, 3.63) is 71.8 Å². The molecule has 0 saturated heterocycles. The lowest BCUT2D eigenvalue weighted by Gasteiger charge is -2.29. The third-order valence-corrected chi connectivity index (χ3v) is 7.59. The van der Waals surface area contributed by atoms with Crippen molar-refractivity contribution < 1.29 is 33.0 Å². The molecule has 10 heteroatoms. The van der Waals surface area contributed by atoms with Gasteiger partial charge in [-0.1, -0.05) is 74.5 Å². The summed E-state index contributed by atoms with van der Waals surface area (Å²) < 4.78 is 29.8. The van der Waals surface area contributed by atoms with Crippen molar-refractivity contribution in [3.63, 3.8) is 0 Å². The summed E-state index contributed by atoms with van der Waals surface area (Å²) in [5.41, 5.74) is 7.77. The molecule has 2 rings (SSSR count). The number of ether oxygens (including phenoxy) is 1. The molecule has 0 aliphatic rings. The lowest BCUT2D eigenvalue weighted by Crippen LogP contribution is -2.33. The predicted molar refractivity (Wildman–Crippen MR) is 133 cm³/mol. The molecule has 0 spiro atoms. The van der Waals surface area contributed by atoms with Gasteiger partial charge in [0.25, 0.3) is 0 Å². The third-order valence-electron chi connectivity index (χ3n) is 5.23. The fourth-order valence-corrected chi connectivity index (χ4v) is 5.09. The molecule has 0 aromatic heterocycles. The normalized spacial score (nSPS) is 14.6. The standard InChI is InChI=1S/C25H35N2O7P/c1-19(2)23(26)35(31,33-18-21-13-7-4-8-14-21)34-22(24(28)29)15-9-10-16-27-25(30)32-17-20-11-5-3-6-12-20/h3-8,11-14,19,22-23H,9-10,15-18,26H2,1-2H3,(H,27,30)(H,28,29)/t22-,23?,35?/m0/s1. The van der Waals surface area contributed by atoms with Gasteiger partial charge in [0.2, 0.25) is 0 Å². The van der Waals surface area contributed by atoms with E-state index in [0.29, 0.717) is 19.4 Å². The molecule has 0 bridgehead atoms. The van der Waals surface area contributed by atoms with E-state index in [2.05, 4.69) is 5.32 Å². The van der Waals surface area contributed by atoms with Crippen LogP contribution in [0.3, 0.4) is 0 Å². The van der Waals surface area contributed by atoms with Crippen molar-refractivity contribution in [3.8, 4) is 0 Å². The zero-order valence-corrected chi connectivity index (χ0v) is 21.1. The Kier molecular flexibility index (Phi) is 11.9. The van der Waals surface area contributed by atoms with Gasteiger partial charge in [-0.3, -0.25) is 9.09 Å². The van der Waals surface area contributed by atoms with E-state index in [1.54, 1.807) is 26.0 Å². The summed E-state index contributed by atoms with van der Waals surface area (Å²) in [5, 5.41) is 12.3. The van der Waals surface area contributed by atoms with Gasteiger partial charge in [-0.25, -0.2) is 9.59 Å². The summed E-state index contributed by atoms with van der Waals surface area (Å²) in [6.45, 7) is 3.99. The molecule has 2 aromatic carbocycles. The second-order valence-electron chi connectivity index (χ2n) is 8.45. The monoisotopic (exact) mass is 506 g/mol. The van der Waals surface area contributed by atoms with Gasteiger partial charge in [0.1, 0.15) is 12.4 Å². The maximum Gasteiger partial charge on any atom is 0.407 e. The maximum atomic E-state index is 13.5. The quantitative estimate of drug-likeness (QED) is 0.229. The Morgan fingerprint density at radius 3 is 2.09 bits per heavy atom. The first-order valence-electron chi connectivity index (χ1n) is 11.6. The van der Waals surface area contributed by atoms with Gasteiger partial charge < -0.3 is 25.4 Å². The number of hydrogen-bond donors (Lipinski definition) is 3. The van der Waals surface area contributed by atoms with E-state index in [4.69, 9.17) is 19.5 Å². The lowest BCUT2D eigenvalue weighted by atomic mass is 10.1. The van der Waals surface area contributed by atoms with Gasteiger partial charge in [0, 0.05) is 6.54 Å². The van der Waals surface area contributed by atoms with Crippen LogP contribution < -0.4 is 11.1 Å². The van der Waals surface area contributed by atoms with Crippen LogP contribution in [0, 0.1) is 5.92 Å². The summed E-state index contributed by atoms with van der Waals surface area (Å²) >= 11 is 0. The molecule has 4 N–H and O–H groups in total. The SMILES string of the molecule is CC(C)C(N)P(=O)(OCc1ccccc1)O[C@@H](CCCCNC(=O)OCc1ccccc1)C(=O)O. The van der Waals surface area contributed by atoms with E-state index in [1.165, 1.54) is 0 Å². The van der Waals surface area contributed by atoms with Crippen molar-refractivity contribution in [2.24, 2.45) is 11.7 Å². The van der Waals surface area contributed by atoms with E-state index < -0.39 is 31.5 Å². The van der Waals surface area contributed by atoms with Crippen LogP contribution in [-0.2, 0) is 36.4 Å². The predicted octanol–water partition coefficient (Wildman–Crippen LogP) is 4.90. The van der Waals surface area contributed by atoms with Gasteiger partial charge in [0.05, 0.1) is 6.61 Å². The highest BCUT2D eigenvalue weighted by Crippen LogP contribution is 2.55. The second kappa shape index (κ2) is 14.6. The molecule has 192 valence electrons. The summed E-state index contributed by atoms with van der Waals surface area (Å²) in [7, 11) is -3.94. The van der Waals surface area contributed by atoms with Crippen LogP contribution in [0.1, 0.15) is 44.2 Å². The molecule has 0 fully saturated rings. The third kappa shape index (κ3) is 10.2. The second-order valence-corrected chi connectivity index (χ2v) is 10.6. The first-order chi connectivity index (χ1) is 16.7. The summed E-state index contributed by atoms with van der Waals surface area (Å²) in [4.78, 5) is 23.6. The molecule has 0 heterocycles. The zero-order chi connectivity index (χ0) is 25.7. The van der Waals surface area contributed by atoms with E-state index in [-0.39, 0.29) is 25.6 Å². The largest absolute Gasteiger partial charge is 0.479 e. The molecule has 9 nitrogen and oxygen atoms in total.